The molecule has 1 rings (SSSR count). The molecule has 6 heteroatoms. The molecule has 96 valence electrons. The van der Waals surface area contributed by atoms with Crippen LogP contribution in [0.1, 0.15) is 22.5 Å². The smallest absolute Gasteiger partial charge is 0.341 e. The van der Waals surface area contributed by atoms with Gasteiger partial charge in [-0.1, -0.05) is 0 Å². The Bertz CT molecular complexity index is 389. The van der Waals surface area contributed by atoms with Gasteiger partial charge in [0, 0.05) is 22.8 Å². The first kappa shape index (κ1) is 13.9. The zero-order valence-corrected chi connectivity index (χ0v) is 10.8. The highest BCUT2D eigenvalue weighted by molar-refractivity contribution is 7.84. The summed E-state index contributed by atoms with van der Waals surface area (Å²) in [6.07, 6.45) is 3.92. The first-order chi connectivity index (χ1) is 8.13. The van der Waals surface area contributed by atoms with Gasteiger partial charge in [-0.2, -0.15) is 0 Å². The van der Waals surface area contributed by atoms with E-state index in [9.17, 15) is 9.00 Å². The molecular formula is C11H17NO4S. The van der Waals surface area contributed by atoms with Gasteiger partial charge in [-0.3, -0.25) is 4.21 Å². The van der Waals surface area contributed by atoms with Crippen molar-refractivity contribution in [3.63, 3.8) is 0 Å². The maximum Gasteiger partial charge on any atom is 0.341 e. The molecule has 0 aromatic carbocycles. The molecule has 0 radical (unpaired) electrons. The van der Waals surface area contributed by atoms with Crippen molar-refractivity contribution in [2.75, 3.05) is 25.7 Å². The number of esters is 1. The monoisotopic (exact) mass is 259 g/mol. The zero-order chi connectivity index (χ0) is 12.7. The predicted octanol–water partition coefficient (Wildman–Crippen LogP) is 0.924. The third kappa shape index (κ3) is 5.14. The van der Waals surface area contributed by atoms with E-state index in [-0.39, 0.29) is 0 Å². The maximum atomic E-state index is 11.1. The molecule has 1 N–H and O–H groups in total. The van der Waals surface area contributed by atoms with Crippen LogP contribution in [0.15, 0.2) is 16.7 Å². The van der Waals surface area contributed by atoms with E-state index >= 15 is 0 Å². The van der Waals surface area contributed by atoms with Gasteiger partial charge in [0.15, 0.2) is 0 Å². The van der Waals surface area contributed by atoms with Crippen LogP contribution < -0.4 is 5.32 Å². The Balaban J connectivity index is 2.25. The van der Waals surface area contributed by atoms with Crippen molar-refractivity contribution in [1.82, 2.24) is 5.32 Å². The number of carbonyl (C=O) groups is 1. The molecule has 0 aliphatic rings. The maximum absolute atomic E-state index is 11.1. The van der Waals surface area contributed by atoms with E-state index in [1.54, 1.807) is 12.3 Å². The van der Waals surface area contributed by atoms with E-state index in [1.165, 1.54) is 13.4 Å². The molecule has 17 heavy (non-hydrogen) atoms. The molecular weight excluding hydrogens is 242 g/mol. The van der Waals surface area contributed by atoms with E-state index in [1.807, 2.05) is 0 Å². The minimum atomic E-state index is -0.741. The second kappa shape index (κ2) is 7.24. The molecule has 1 atom stereocenters. The highest BCUT2D eigenvalue weighted by Gasteiger charge is 2.09. The van der Waals surface area contributed by atoms with Crippen molar-refractivity contribution < 1.29 is 18.2 Å². The zero-order valence-electron chi connectivity index (χ0n) is 10.0. The number of rotatable bonds is 7. The molecule has 0 aliphatic heterocycles. The van der Waals surface area contributed by atoms with Gasteiger partial charge in [-0.05, 0) is 19.0 Å². The van der Waals surface area contributed by atoms with Crippen LogP contribution in [-0.2, 0) is 22.1 Å². The molecule has 1 aromatic rings. The fourth-order valence-electron chi connectivity index (χ4n) is 1.31. The number of nitrogens with one attached hydrogen (secondary N) is 1. The predicted molar refractivity (Wildman–Crippen MR) is 65.3 cm³/mol. The molecule has 0 aliphatic carbocycles. The van der Waals surface area contributed by atoms with Crippen LogP contribution in [0.2, 0.25) is 0 Å². The molecule has 0 bridgehead atoms. The van der Waals surface area contributed by atoms with Crippen LogP contribution in [0, 0.1) is 0 Å². The first-order valence-electron chi connectivity index (χ1n) is 5.30. The first-order valence-corrected chi connectivity index (χ1v) is 7.02. The SMILES string of the molecule is COC(=O)c1coc(CNCCCS(C)=O)c1. The van der Waals surface area contributed by atoms with Crippen molar-refractivity contribution in [3.05, 3.63) is 23.7 Å². The standard InChI is InChI=1S/C11H17NO4S/c1-15-11(13)9-6-10(16-8-9)7-12-4-3-5-17(2)14/h6,8,12H,3-5,7H2,1-2H3. The van der Waals surface area contributed by atoms with E-state index in [2.05, 4.69) is 10.1 Å². The normalized spacial score (nSPS) is 12.4. The molecule has 5 nitrogen and oxygen atoms in total. The Labute approximate surface area is 103 Å². The number of hydrogen-bond donors (Lipinski definition) is 1. The van der Waals surface area contributed by atoms with Crippen molar-refractivity contribution in [2.45, 2.75) is 13.0 Å². The lowest BCUT2D eigenvalue weighted by Gasteiger charge is -2.00. The lowest BCUT2D eigenvalue weighted by atomic mass is 10.3. The summed E-state index contributed by atoms with van der Waals surface area (Å²) in [4.78, 5) is 11.1. The van der Waals surface area contributed by atoms with Crippen LogP contribution in [0.25, 0.3) is 0 Å². The van der Waals surface area contributed by atoms with Crippen LogP contribution in [0.4, 0.5) is 0 Å². The van der Waals surface area contributed by atoms with E-state index in [0.717, 1.165) is 13.0 Å². The summed E-state index contributed by atoms with van der Waals surface area (Å²) in [5, 5.41) is 3.15. The Morgan fingerprint density at radius 3 is 3.00 bits per heavy atom. The topological polar surface area (TPSA) is 68.5 Å². The third-order valence-electron chi connectivity index (χ3n) is 2.16. The van der Waals surface area contributed by atoms with Crippen molar-refractivity contribution in [2.24, 2.45) is 0 Å². The van der Waals surface area contributed by atoms with Crippen molar-refractivity contribution in [3.8, 4) is 0 Å². The average Bonchev–Trinajstić information content (AvgIpc) is 2.76. The largest absolute Gasteiger partial charge is 0.467 e. The van der Waals surface area contributed by atoms with Gasteiger partial charge in [-0.25, -0.2) is 4.79 Å². The van der Waals surface area contributed by atoms with Gasteiger partial charge in [0.05, 0.1) is 19.2 Å². The van der Waals surface area contributed by atoms with E-state index in [4.69, 9.17) is 4.42 Å². The Morgan fingerprint density at radius 2 is 2.35 bits per heavy atom. The van der Waals surface area contributed by atoms with Crippen LogP contribution in [0.3, 0.4) is 0 Å². The van der Waals surface area contributed by atoms with Crippen LogP contribution >= 0.6 is 0 Å². The molecule has 1 aromatic heterocycles. The molecule has 1 heterocycles. The lowest BCUT2D eigenvalue weighted by molar-refractivity contribution is 0.0600. The summed E-state index contributed by atoms with van der Waals surface area (Å²) >= 11 is 0. The van der Waals surface area contributed by atoms with Crippen molar-refractivity contribution in [1.29, 1.82) is 0 Å². The van der Waals surface area contributed by atoms with Crippen LogP contribution in [-0.4, -0.2) is 35.8 Å². The van der Waals surface area contributed by atoms with Gasteiger partial charge < -0.3 is 14.5 Å². The number of ether oxygens (including phenoxy) is 1. The minimum Gasteiger partial charge on any atom is -0.467 e. The molecule has 0 saturated heterocycles. The molecule has 0 amide bonds. The second-order valence-corrected chi connectivity index (χ2v) is 5.16. The van der Waals surface area contributed by atoms with Gasteiger partial charge in [-0.15, -0.1) is 0 Å². The summed E-state index contributed by atoms with van der Waals surface area (Å²) in [7, 11) is 0.590. The second-order valence-electron chi connectivity index (χ2n) is 3.60. The number of hydrogen-bond acceptors (Lipinski definition) is 5. The van der Waals surface area contributed by atoms with Gasteiger partial charge in [0.2, 0.25) is 0 Å². The summed E-state index contributed by atoms with van der Waals surface area (Å²) in [6.45, 7) is 1.32. The Kier molecular flexibility index (Phi) is 5.93. The highest BCUT2D eigenvalue weighted by Crippen LogP contribution is 2.08. The van der Waals surface area contributed by atoms with Gasteiger partial charge >= 0.3 is 5.97 Å². The number of furan rings is 1. The average molecular weight is 259 g/mol. The Morgan fingerprint density at radius 1 is 1.59 bits per heavy atom. The summed E-state index contributed by atoms with van der Waals surface area (Å²) in [6, 6.07) is 1.65. The quantitative estimate of drug-likeness (QED) is 0.582. The summed E-state index contributed by atoms with van der Waals surface area (Å²) in [5.74, 6) is 0.975. The molecule has 0 fully saturated rings. The van der Waals surface area contributed by atoms with E-state index in [0.29, 0.717) is 23.6 Å². The third-order valence-corrected chi connectivity index (χ3v) is 3.02. The van der Waals surface area contributed by atoms with Gasteiger partial charge in [0.25, 0.3) is 0 Å². The number of methoxy groups -OCH3 is 1. The summed E-state index contributed by atoms with van der Waals surface area (Å²) < 4.78 is 20.6. The van der Waals surface area contributed by atoms with Gasteiger partial charge in [0.1, 0.15) is 12.0 Å². The summed E-state index contributed by atoms with van der Waals surface area (Å²) in [5.41, 5.74) is 0.416. The van der Waals surface area contributed by atoms with Crippen LogP contribution in [0.5, 0.6) is 0 Å². The Hall–Kier alpha value is -1.14. The van der Waals surface area contributed by atoms with Crippen molar-refractivity contribution >= 4 is 16.8 Å². The minimum absolute atomic E-state index is 0.402. The van der Waals surface area contributed by atoms with E-state index < -0.39 is 16.8 Å². The fourth-order valence-corrected chi connectivity index (χ4v) is 1.86. The molecule has 0 spiro atoms. The molecule has 0 saturated carbocycles. The number of carbonyl (C=O) groups excluding carboxylic acids is 1. The highest BCUT2D eigenvalue weighted by atomic mass is 32.2. The fraction of sp³-hybridized carbons (Fsp3) is 0.545. The lowest BCUT2D eigenvalue weighted by Crippen LogP contribution is -2.16. The molecule has 1 unspecified atom stereocenters.